The Balaban J connectivity index is 1.75. The number of hydrogen-bond donors (Lipinski definition) is 0. The fourth-order valence-electron chi connectivity index (χ4n) is 3.46. The zero-order chi connectivity index (χ0) is 16.5. The molecular formula is C16H22ClNO4S. The number of ether oxygens (including phenoxy) is 2. The summed E-state index contributed by atoms with van der Waals surface area (Å²) in [5.41, 5.74) is 0.266. The van der Waals surface area contributed by atoms with Gasteiger partial charge in [-0.25, -0.2) is 8.42 Å². The summed E-state index contributed by atoms with van der Waals surface area (Å²) in [6.45, 7) is 2.71. The van der Waals surface area contributed by atoms with Crippen molar-refractivity contribution in [3.8, 4) is 5.75 Å². The van der Waals surface area contributed by atoms with Crippen LogP contribution in [0.25, 0.3) is 0 Å². The predicted octanol–water partition coefficient (Wildman–Crippen LogP) is 2.93. The Hall–Kier alpha value is -0.820. The number of halogens is 1. The van der Waals surface area contributed by atoms with Gasteiger partial charge in [-0.05, 0) is 49.3 Å². The van der Waals surface area contributed by atoms with E-state index < -0.39 is 10.0 Å². The quantitative estimate of drug-likeness (QED) is 0.832. The zero-order valence-corrected chi connectivity index (χ0v) is 14.8. The molecule has 128 valence electrons. The molecule has 2 aliphatic heterocycles. The summed E-state index contributed by atoms with van der Waals surface area (Å²) >= 11 is 6.07. The second-order valence-corrected chi connectivity index (χ2v) is 8.66. The smallest absolute Gasteiger partial charge is 0.243 e. The molecule has 23 heavy (non-hydrogen) atoms. The van der Waals surface area contributed by atoms with Crippen LogP contribution >= 0.6 is 11.6 Å². The second kappa shape index (κ2) is 6.59. The van der Waals surface area contributed by atoms with Crippen molar-refractivity contribution in [1.29, 1.82) is 0 Å². The van der Waals surface area contributed by atoms with Crippen molar-refractivity contribution in [2.75, 3.05) is 33.4 Å². The fraction of sp³-hybridized carbons (Fsp3) is 0.625. The Morgan fingerprint density at radius 3 is 2.39 bits per heavy atom. The van der Waals surface area contributed by atoms with E-state index in [9.17, 15) is 8.42 Å². The van der Waals surface area contributed by atoms with Crippen molar-refractivity contribution in [3.63, 3.8) is 0 Å². The molecule has 5 nitrogen and oxygen atoms in total. The molecule has 0 aliphatic carbocycles. The normalized spacial score (nSPS) is 22.2. The van der Waals surface area contributed by atoms with Crippen molar-refractivity contribution < 1.29 is 17.9 Å². The molecule has 2 saturated heterocycles. The van der Waals surface area contributed by atoms with Crippen LogP contribution < -0.4 is 4.74 Å². The third-order valence-corrected chi connectivity index (χ3v) is 7.29. The molecule has 1 aromatic carbocycles. The minimum atomic E-state index is -3.50. The standard InChI is InChI=1S/C16H22ClNO4S/c1-21-15-3-2-13(12-14(15)17)23(19,20)18-8-4-16(5-9-18)6-10-22-11-7-16/h2-3,12H,4-11H2,1H3. The van der Waals surface area contributed by atoms with Crippen LogP contribution in [0.3, 0.4) is 0 Å². The molecule has 0 radical (unpaired) electrons. The largest absolute Gasteiger partial charge is 0.495 e. The van der Waals surface area contributed by atoms with E-state index in [0.717, 1.165) is 38.9 Å². The first kappa shape index (κ1) is 17.0. The van der Waals surface area contributed by atoms with Gasteiger partial charge in [0.2, 0.25) is 10.0 Å². The minimum Gasteiger partial charge on any atom is -0.495 e. The Morgan fingerprint density at radius 1 is 1.17 bits per heavy atom. The van der Waals surface area contributed by atoms with E-state index >= 15 is 0 Å². The summed E-state index contributed by atoms with van der Waals surface area (Å²) in [5, 5.41) is 0.312. The maximum Gasteiger partial charge on any atom is 0.243 e. The molecule has 3 rings (SSSR count). The highest BCUT2D eigenvalue weighted by Crippen LogP contribution is 2.41. The molecule has 0 atom stereocenters. The Bertz CT molecular complexity index is 661. The summed E-state index contributed by atoms with van der Waals surface area (Å²) in [7, 11) is -2.00. The van der Waals surface area contributed by atoms with E-state index in [1.54, 1.807) is 16.4 Å². The maximum absolute atomic E-state index is 12.8. The van der Waals surface area contributed by atoms with Crippen molar-refractivity contribution in [2.24, 2.45) is 5.41 Å². The fourth-order valence-corrected chi connectivity index (χ4v) is 5.25. The molecule has 2 fully saturated rings. The molecule has 0 aromatic heterocycles. The van der Waals surface area contributed by atoms with Gasteiger partial charge < -0.3 is 9.47 Å². The van der Waals surface area contributed by atoms with Gasteiger partial charge in [-0.3, -0.25) is 0 Å². The van der Waals surface area contributed by atoms with Gasteiger partial charge in [0, 0.05) is 26.3 Å². The molecule has 7 heteroatoms. The highest BCUT2D eigenvalue weighted by Gasteiger charge is 2.39. The SMILES string of the molecule is COc1ccc(S(=O)(=O)N2CCC3(CCOCC3)CC2)cc1Cl. The third kappa shape index (κ3) is 3.36. The summed E-state index contributed by atoms with van der Waals surface area (Å²) in [4.78, 5) is 0.228. The molecule has 0 amide bonds. The lowest BCUT2D eigenvalue weighted by atomic mass is 9.73. The first-order valence-corrected chi connectivity index (χ1v) is 9.70. The predicted molar refractivity (Wildman–Crippen MR) is 88.5 cm³/mol. The highest BCUT2D eigenvalue weighted by molar-refractivity contribution is 7.89. The lowest BCUT2D eigenvalue weighted by Crippen LogP contribution is -2.45. The molecule has 0 bridgehead atoms. The van der Waals surface area contributed by atoms with Gasteiger partial charge in [0.1, 0.15) is 5.75 Å². The monoisotopic (exact) mass is 359 g/mol. The molecule has 0 unspecified atom stereocenters. The van der Waals surface area contributed by atoms with Gasteiger partial charge in [-0.2, -0.15) is 4.31 Å². The van der Waals surface area contributed by atoms with Crippen LogP contribution in [0, 0.1) is 5.41 Å². The maximum atomic E-state index is 12.8. The van der Waals surface area contributed by atoms with E-state index in [1.807, 2.05) is 0 Å². The lowest BCUT2D eigenvalue weighted by molar-refractivity contribution is -0.00999. The number of nitrogens with zero attached hydrogens (tertiary/aromatic N) is 1. The molecule has 2 aliphatic rings. The molecule has 1 aromatic rings. The van der Waals surface area contributed by atoms with Gasteiger partial charge >= 0.3 is 0 Å². The minimum absolute atomic E-state index is 0.228. The van der Waals surface area contributed by atoms with E-state index in [0.29, 0.717) is 23.9 Å². The number of sulfonamides is 1. The van der Waals surface area contributed by atoms with E-state index in [-0.39, 0.29) is 10.3 Å². The van der Waals surface area contributed by atoms with Gasteiger partial charge in [0.15, 0.2) is 0 Å². The van der Waals surface area contributed by atoms with Crippen molar-refractivity contribution in [1.82, 2.24) is 4.31 Å². The summed E-state index contributed by atoms with van der Waals surface area (Å²) in [5.74, 6) is 0.477. The molecule has 0 saturated carbocycles. The van der Waals surface area contributed by atoms with Crippen LogP contribution in [0.1, 0.15) is 25.7 Å². The van der Waals surface area contributed by atoms with Gasteiger partial charge in [-0.15, -0.1) is 0 Å². The Labute approximate surface area is 142 Å². The molecule has 1 spiro atoms. The van der Waals surface area contributed by atoms with Gasteiger partial charge in [0.25, 0.3) is 0 Å². The van der Waals surface area contributed by atoms with Crippen molar-refractivity contribution in [3.05, 3.63) is 23.2 Å². The van der Waals surface area contributed by atoms with E-state index in [2.05, 4.69) is 0 Å². The van der Waals surface area contributed by atoms with E-state index in [1.165, 1.54) is 13.2 Å². The zero-order valence-electron chi connectivity index (χ0n) is 13.3. The van der Waals surface area contributed by atoms with Crippen molar-refractivity contribution >= 4 is 21.6 Å². The van der Waals surface area contributed by atoms with Crippen LogP contribution in [0.4, 0.5) is 0 Å². The first-order valence-electron chi connectivity index (χ1n) is 7.88. The average Bonchev–Trinajstić information content (AvgIpc) is 2.56. The average molecular weight is 360 g/mol. The van der Waals surface area contributed by atoms with Crippen LogP contribution in [0.2, 0.25) is 5.02 Å². The molecule has 0 N–H and O–H groups in total. The van der Waals surface area contributed by atoms with Gasteiger partial charge in [0.05, 0.1) is 17.0 Å². The number of benzene rings is 1. The number of piperidine rings is 1. The van der Waals surface area contributed by atoms with Crippen molar-refractivity contribution in [2.45, 2.75) is 30.6 Å². The van der Waals surface area contributed by atoms with Gasteiger partial charge in [-0.1, -0.05) is 11.6 Å². The number of hydrogen-bond acceptors (Lipinski definition) is 4. The van der Waals surface area contributed by atoms with E-state index in [4.69, 9.17) is 21.1 Å². The number of rotatable bonds is 3. The topological polar surface area (TPSA) is 55.8 Å². The number of methoxy groups -OCH3 is 1. The van der Waals surface area contributed by atoms with Crippen LogP contribution in [0.5, 0.6) is 5.75 Å². The van der Waals surface area contributed by atoms with Crippen LogP contribution in [-0.4, -0.2) is 46.1 Å². The van der Waals surface area contributed by atoms with Crippen LogP contribution in [-0.2, 0) is 14.8 Å². The highest BCUT2D eigenvalue weighted by atomic mass is 35.5. The summed E-state index contributed by atoms with van der Waals surface area (Å²) in [6.07, 6.45) is 3.88. The lowest BCUT2D eigenvalue weighted by Gasteiger charge is -2.43. The summed E-state index contributed by atoms with van der Waals surface area (Å²) < 4.78 is 37.7. The summed E-state index contributed by atoms with van der Waals surface area (Å²) in [6, 6.07) is 4.62. The second-order valence-electron chi connectivity index (χ2n) is 6.31. The van der Waals surface area contributed by atoms with Crippen LogP contribution in [0.15, 0.2) is 23.1 Å². The molecular weight excluding hydrogens is 338 g/mol. The third-order valence-electron chi connectivity index (χ3n) is 5.10. The molecule has 2 heterocycles. The Kier molecular flexibility index (Phi) is 4.88. The first-order chi connectivity index (χ1) is 11.0. The Morgan fingerprint density at radius 2 is 1.83 bits per heavy atom.